The Kier molecular flexibility index (Phi) is 3.43. The quantitative estimate of drug-likeness (QED) is 0.525. The van der Waals surface area contributed by atoms with Crippen LogP contribution in [0, 0.1) is 34.0 Å². The van der Waals surface area contributed by atoms with E-state index in [4.69, 9.17) is 5.41 Å². The summed E-state index contributed by atoms with van der Waals surface area (Å²) in [7, 11) is 0. The SMILES string of the molecule is CC(=N)C1=CCC2C3CC=C4CC(O)CCC4(C)C3CCC12C. The largest absolute Gasteiger partial charge is 0.393 e. The van der Waals surface area contributed by atoms with Crippen molar-refractivity contribution < 1.29 is 5.11 Å². The molecule has 0 spiro atoms. The van der Waals surface area contributed by atoms with Crippen LogP contribution in [0.4, 0.5) is 0 Å². The Hall–Kier alpha value is -0.890. The minimum absolute atomic E-state index is 0.111. The zero-order valence-electron chi connectivity index (χ0n) is 14.9. The highest BCUT2D eigenvalue weighted by Gasteiger charge is 2.56. The van der Waals surface area contributed by atoms with Gasteiger partial charge in [0, 0.05) is 5.71 Å². The monoisotopic (exact) mass is 313 g/mol. The lowest BCUT2D eigenvalue weighted by Crippen LogP contribution is -2.50. The van der Waals surface area contributed by atoms with Gasteiger partial charge in [-0.1, -0.05) is 31.6 Å². The Morgan fingerprint density at radius 3 is 2.57 bits per heavy atom. The van der Waals surface area contributed by atoms with Gasteiger partial charge in [-0.2, -0.15) is 0 Å². The smallest absolute Gasteiger partial charge is 0.0577 e. The summed E-state index contributed by atoms with van der Waals surface area (Å²) >= 11 is 0. The number of aliphatic hydroxyl groups excluding tert-OH is 1. The standard InChI is InChI=1S/C21H31NO/c1-13(22)17-6-7-18-16-5-4-14-12-15(23)8-10-20(14,2)19(16)9-11-21(17,18)3/h4,6,15-16,18-19,22-23H,5,7-12H2,1-3H3. The highest BCUT2D eigenvalue weighted by molar-refractivity contribution is 5.97. The van der Waals surface area contributed by atoms with Gasteiger partial charge in [-0.05, 0) is 86.0 Å². The Morgan fingerprint density at radius 1 is 1.09 bits per heavy atom. The van der Waals surface area contributed by atoms with Crippen molar-refractivity contribution in [3.05, 3.63) is 23.3 Å². The molecule has 0 bridgehead atoms. The van der Waals surface area contributed by atoms with E-state index in [0.717, 1.165) is 42.7 Å². The van der Waals surface area contributed by atoms with Crippen molar-refractivity contribution in [2.24, 2.45) is 28.6 Å². The topological polar surface area (TPSA) is 44.1 Å². The average Bonchev–Trinajstić information content (AvgIpc) is 2.85. The minimum Gasteiger partial charge on any atom is -0.393 e. The Labute approximate surface area is 140 Å². The van der Waals surface area contributed by atoms with Gasteiger partial charge in [0.15, 0.2) is 0 Å². The van der Waals surface area contributed by atoms with E-state index in [-0.39, 0.29) is 11.5 Å². The molecule has 0 aromatic carbocycles. The molecule has 126 valence electrons. The van der Waals surface area contributed by atoms with Gasteiger partial charge in [-0.15, -0.1) is 0 Å². The zero-order valence-corrected chi connectivity index (χ0v) is 14.9. The van der Waals surface area contributed by atoms with Crippen molar-refractivity contribution >= 4 is 5.71 Å². The third kappa shape index (κ3) is 2.06. The van der Waals surface area contributed by atoms with E-state index >= 15 is 0 Å². The van der Waals surface area contributed by atoms with Gasteiger partial charge in [-0.3, -0.25) is 0 Å². The molecule has 4 rings (SSSR count). The molecular weight excluding hydrogens is 282 g/mol. The van der Waals surface area contributed by atoms with Crippen LogP contribution >= 0.6 is 0 Å². The molecule has 2 saturated carbocycles. The number of hydrogen-bond donors (Lipinski definition) is 2. The van der Waals surface area contributed by atoms with Gasteiger partial charge in [0.2, 0.25) is 0 Å². The molecule has 6 unspecified atom stereocenters. The van der Waals surface area contributed by atoms with Crippen molar-refractivity contribution in [3.63, 3.8) is 0 Å². The Morgan fingerprint density at radius 2 is 1.83 bits per heavy atom. The van der Waals surface area contributed by atoms with Crippen molar-refractivity contribution in [3.8, 4) is 0 Å². The second-order valence-corrected chi connectivity index (χ2v) is 9.09. The number of allylic oxidation sites excluding steroid dienone is 3. The summed E-state index contributed by atoms with van der Waals surface area (Å²) in [6, 6.07) is 0. The molecule has 0 saturated heterocycles. The van der Waals surface area contributed by atoms with Crippen LogP contribution in [0.25, 0.3) is 0 Å². The number of rotatable bonds is 1. The molecule has 6 atom stereocenters. The molecule has 2 N–H and O–H groups in total. The predicted molar refractivity (Wildman–Crippen MR) is 94.6 cm³/mol. The van der Waals surface area contributed by atoms with Crippen LogP contribution in [0.3, 0.4) is 0 Å². The highest BCUT2D eigenvalue weighted by atomic mass is 16.3. The van der Waals surface area contributed by atoms with Crippen LogP contribution in [-0.2, 0) is 0 Å². The number of aliphatic hydroxyl groups is 1. The fraction of sp³-hybridized carbons (Fsp3) is 0.762. The zero-order chi connectivity index (χ0) is 16.4. The third-order valence-electron chi connectivity index (χ3n) is 8.06. The summed E-state index contributed by atoms with van der Waals surface area (Å²) < 4.78 is 0. The van der Waals surface area contributed by atoms with E-state index in [9.17, 15) is 5.11 Å². The fourth-order valence-corrected chi connectivity index (χ4v) is 6.79. The molecule has 4 aliphatic carbocycles. The van der Waals surface area contributed by atoms with Gasteiger partial charge in [0.1, 0.15) is 0 Å². The van der Waals surface area contributed by atoms with Crippen molar-refractivity contribution in [1.29, 1.82) is 5.41 Å². The molecule has 4 aliphatic rings. The molecule has 0 aliphatic heterocycles. The molecular formula is C21H31NO. The second kappa shape index (κ2) is 5.05. The number of hydrogen-bond acceptors (Lipinski definition) is 2. The maximum Gasteiger partial charge on any atom is 0.0577 e. The van der Waals surface area contributed by atoms with Crippen molar-refractivity contribution in [2.45, 2.75) is 71.8 Å². The minimum atomic E-state index is -0.111. The first-order valence-electron chi connectivity index (χ1n) is 9.50. The summed E-state index contributed by atoms with van der Waals surface area (Å²) in [4.78, 5) is 0. The third-order valence-corrected chi connectivity index (χ3v) is 8.06. The van der Waals surface area contributed by atoms with Crippen molar-refractivity contribution in [1.82, 2.24) is 0 Å². The molecule has 2 nitrogen and oxygen atoms in total. The van der Waals surface area contributed by atoms with Crippen LogP contribution < -0.4 is 0 Å². The van der Waals surface area contributed by atoms with Gasteiger partial charge in [-0.25, -0.2) is 0 Å². The summed E-state index contributed by atoms with van der Waals surface area (Å²) in [5, 5.41) is 18.2. The van der Waals surface area contributed by atoms with Gasteiger partial charge in [0.25, 0.3) is 0 Å². The summed E-state index contributed by atoms with van der Waals surface area (Å²) in [6.45, 7) is 6.88. The first-order valence-corrected chi connectivity index (χ1v) is 9.50. The molecule has 0 heterocycles. The molecule has 0 radical (unpaired) electrons. The molecule has 0 aromatic heterocycles. The second-order valence-electron chi connectivity index (χ2n) is 9.09. The predicted octanol–water partition coefficient (Wildman–Crippen LogP) is 4.89. The van der Waals surface area contributed by atoms with E-state index in [1.165, 1.54) is 31.3 Å². The normalized spacial score (nSPS) is 48.7. The first kappa shape index (κ1) is 15.6. The number of fused-ring (bicyclic) bond motifs is 5. The van der Waals surface area contributed by atoms with Gasteiger partial charge < -0.3 is 10.5 Å². The first-order chi connectivity index (χ1) is 10.9. The Bertz CT molecular complexity index is 603. The van der Waals surface area contributed by atoms with E-state index < -0.39 is 0 Å². The van der Waals surface area contributed by atoms with E-state index in [0.29, 0.717) is 5.41 Å². The summed E-state index contributed by atoms with van der Waals surface area (Å²) in [5.41, 5.74) is 4.23. The van der Waals surface area contributed by atoms with Crippen LogP contribution in [-0.4, -0.2) is 16.9 Å². The van der Waals surface area contributed by atoms with Crippen LogP contribution in [0.1, 0.15) is 65.7 Å². The van der Waals surface area contributed by atoms with Crippen LogP contribution in [0.2, 0.25) is 0 Å². The molecule has 2 heteroatoms. The van der Waals surface area contributed by atoms with E-state index in [1.807, 2.05) is 6.92 Å². The lowest BCUT2D eigenvalue weighted by molar-refractivity contribution is -0.0279. The van der Waals surface area contributed by atoms with Crippen molar-refractivity contribution in [2.75, 3.05) is 0 Å². The Balaban J connectivity index is 1.67. The maximum absolute atomic E-state index is 10.1. The molecule has 0 aromatic rings. The molecule has 0 amide bonds. The maximum atomic E-state index is 10.1. The lowest BCUT2D eigenvalue weighted by Gasteiger charge is -2.57. The number of nitrogens with one attached hydrogen (secondary N) is 1. The van der Waals surface area contributed by atoms with Gasteiger partial charge in [0.05, 0.1) is 6.10 Å². The molecule has 23 heavy (non-hydrogen) atoms. The summed E-state index contributed by atoms with van der Waals surface area (Å²) in [6.07, 6.45) is 12.7. The van der Waals surface area contributed by atoms with E-state index in [1.54, 1.807) is 5.57 Å². The fourth-order valence-electron chi connectivity index (χ4n) is 6.79. The van der Waals surface area contributed by atoms with Gasteiger partial charge >= 0.3 is 0 Å². The average molecular weight is 313 g/mol. The summed E-state index contributed by atoms with van der Waals surface area (Å²) in [5.74, 6) is 2.27. The lowest BCUT2D eigenvalue weighted by atomic mass is 9.47. The highest BCUT2D eigenvalue weighted by Crippen LogP contribution is 2.64. The molecule has 2 fully saturated rings. The van der Waals surface area contributed by atoms with E-state index in [2.05, 4.69) is 26.0 Å². The van der Waals surface area contributed by atoms with Crippen LogP contribution in [0.5, 0.6) is 0 Å². The van der Waals surface area contributed by atoms with Crippen LogP contribution in [0.15, 0.2) is 23.3 Å².